The number of benzene rings is 1. The molecule has 2 aromatic rings. The third-order valence-electron chi connectivity index (χ3n) is 3.91. The van der Waals surface area contributed by atoms with Crippen molar-refractivity contribution in [3.63, 3.8) is 0 Å². The molecule has 132 valence electrons. The predicted octanol–water partition coefficient (Wildman–Crippen LogP) is 3.77. The Balaban J connectivity index is 1.50. The molecule has 25 heavy (non-hydrogen) atoms. The molecule has 1 fully saturated rings. The first kappa shape index (κ1) is 18.1. The zero-order valence-electron chi connectivity index (χ0n) is 13.3. The van der Waals surface area contributed by atoms with E-state index in [1.54, 1.807) is 29.2 Å². The molecule has 0 atom stereocenters. The first-order valence-electron chi connectivity index (χ1n) is 7.76. The van der Waals surface area contributed by atoms with Crippen LogP contribution in [0.1, 0.15) is 0 Å². The van der Waals surface area contributed by atoms with E-state index in [0.29, 0.717) is 47.1 Å². The van der Waals surface area contributed by atoms with Crippen molar-refractivity contribution in [1.82, 2.24) is 9.88 Å². The summed E-state index contributed by atoms with van der Waals surface area (Å²) >= 11 is 17.7. The van der Waals surface area contributed by atoms with E-state index in [2.05, 4.69) is 9.88 Å². The lowest BCUT2D eigenvalue weighted by Gasteiger charge is -2.35. The van der Waals surface area contributed by atoms with Crippen molar-refractivity contribution in [2.24, 2.45) is 0 Å². The maximum Gasteiger partial charge on any atom is 0.260 e. The van der Waals surface area contributed by atoms with Gasteiger partial charge in [-0.05, 0) is 24.3 Å². The van der Waals surface area contributed by atoms with Gasteiger partial charge >= 0.3 is 0 Å². The Kier molecular flexibility index (Phi) is 5.89. The van der Waals surface area contributed by atoms with E-state index in [1.165, 1.54) is 0 Å². The Morgan fingerprint density at radius 2 is 1.80 bits per heavy atom. The highest BCUT2D eigenvalue weighted by Crippen LogP contribution is 2.26. The van der Waals surface area contributed by atoms with Crippen molar-refractivity contribution in [3.05, 3.63) is 51.6 Å². The molecule has 1 aromatic carbocycles. The third kappa shape index (κ3) is 4.69. The van der Waals surface area contributed by atoms with E-state index in [0.717, 1.165) is 5.82 Å². The summed E-state index contributed by atoms with van der Waals surface area (Å²) in [5, 5.41) is 1.31. The molecule has 0 N–H and O–H groups in total. The van der Waals surface area contributed by atoms with Crippen LogP contribution in [0.15, 0.2) is 36.4 Å². The maximum absolute atomic E-state index is 12.3. The van der Waals surface area contributed by atoms with Gasteiger partial charge in [-0.2, -0.15) is 0 Å². The number of ether oxygens (including phenoxy) is 1. The topological polar surface area (TPSA) is 45.7 Å². The molecular formula is C17H16Cl3N3O2. The van der Waals surface area contributed by atoms with Gasteiger partial charge in [0.1, 0.15) is 16.7 Å². The van der Waals surface area contributed by atoms with Gasteiger partial charge in [0.25, 0.3) is 5.91 Å². The first-order valence-corrected chi connectivity index (χ1v) is 8.89. The fourth-order valence-electron chi connectivity index (χ4n) is 2.56. The average Bonchev–Trinajstić information content (AvgIpc) is 2.62. The van der Waals surface area contributed by atoms with E-state index in [4.69, 9.17) is 39.5 Å². The average molecular weight is 401 g/mol. The summed E-state index contributed by atoms with van der Waals surface area (Å²) in [7, 11) is 0. The number of pyridine rings is 1. The molecule has 2 heterocycles. The van der Waals surface area contributed by atoms with Gasteiger partial charge in [0, 0.05) is 32.2 Å². The molecule has 1 aromatic heterocycles. The summed E-state index contributed by atoms with van der Waals surface area (Å²) in [5.41, 5.74) is 0. The van der Waals surface area contributed by atoms with Gasteiger partial charge in [-0.3, -0.25) is 4.79 Å². The zero-order valence-corrected chi connectivity index (χ0v) is 15.6. The van der Waals surface area contributed by atoms with Crippen LogP contribution in [0.5, 0.6) is 5.75 Å². The number of carbonyl (C=O) groups is 1. The lowest BCUT2D eigenvalue weighted by atomic mass is 10.3. The van der Waals surface area contributed by atoms with Crippen LogP contribution < -0.4 is 9.64 Å². The summed E-state index contributed by atoms with van der Waals surface area (Å²) in [5.74, 6) is 1.28. The molecule has 0 bridgehead atoms. The second kappa shape index (κ2) is 8.13. The molecule has 0 spiro atoms. The molecule has 0 radical (unpaired) electrons. The summed E-state index contributed by atoms with van der Waals surface area (Å²) < 4.78 is 5.51. The molecule has 8 heteroatoms. The monoisotopic (exact) mass is 399 g/mol. The van der Waals surface area contributed by atoms with Crippen molar-refractivity contribution < 1.29 is 9.53 Å². The molecule has 0 unspecified atom stereocenters. The normalized spacial score (nSPS) is 14.5. The van der Waals surface area contributed by atoms with Gasteiger partial charge in [-0.15, -0.1) is 0 Å². The van der Waals surface area contributed by atoms with Crippen LogP contribution in [0.4, 0.5) is 5.82 Å². The van der Waals surface area contributed by atoms with E-state index < -0.39 is 0 Å². The third-order valence-corrected chi connectivity index (χ3v) is 4.86. The van der Waals surface area contributed by atoms with Crippen molar-refractivity contribution in [2.45, 2.75) is 0 Å². The van der Waals surface area contributed by atoms with Gasteiger partial charge in [0.2, 0.25) is 0 Å². The summed E-state index contributed by atoms with van der Waals surface area (Å²) in [4.78, 5) is 20.5. The Bertz CT molecular complexity index is 765. The van der Waals surface area contributed by atoms with Crippen LogP contribution in [0, 0.1) is 0 Å². The van der Waals surface area contributed by atoms with Crippen LogP contribution in [0.25, 0.3) is 0 Å². The highest BCUT2D eigenvalue weighted by molar-refractivity contribution is 6.42. The van der Waals surface area contributed by atoms with E-state index in [1.807, 2.05) is 12.1 Å². The Hall–Kier alpha value is -1.69. The summed E-state index contributed by atoms with van der Waals surface area (Å²) in [6.07, 6.45) is 0. The summed E-state index contributed by atoms with van der Waals surface area (Å²) in [6, 6.07) is 10.4. The molecule has 0 aliphatic carbocycles. The van der Waals surface area contributed by atoms with Crippen LogP contribution in [-0.2, 0) is 4.79 Å². The van der Waals surface area contributed by atoms with E-state index in [9.17, 15) is 4.79 Å². The molecule has 1 aliphatic rings. The number of aromatic nitrogens is 1. The van der Waals surface area contributed by atoms with Gasteiger partial charge in [-0.1, -0.05) is 40.9 Å². The number of anilines is 1. The largest absolute Gasteiger partial charge is 0.484 e. The Morgan fingerprint density at radius 3 is 2.48 bits per heavy atom. The molecule has 5 nitrogen and oxygen atoms in total. The SMILES string of the molecule is O=C(COc1ccc(Cl)c(Cl)c1)N1CCN(c2cccc(Cl)n2)CC1. The lowest BCUT2D eigenvalue weighted by molar-refractivity contribution is -0.133. The number of rotatable bonds is 4. The zero-order chi connectivity index (χ0) is 17.8. The molecule has 1 aliphatic heterocycles. The fourth-order valence-corrected chi connectivity index (χ4v) is 3.01. The van der Waals surface area contributed by atoms with E-state index in [-0.39, 0.29) is 12.5 Å². The minimum absolute atomic E-state index is 0.0343. The number of carbonyl (C=O) groups excluding carboxylic acids is 1. The van der Waals surface area contributed by atoms with Crippen LogP contribution in [0.2, 0.25) is 15.2 Å². The van der Waals surface area contributed by atoms with Crippen molar-refractivity contribution in [2.75, 3.05) is 37.7 Å². The van der Waals surface area contributed by atoms with Crippen LogP contribution in [-0.4, -0.2) is 48.6 Å². The van der Waals surface area contributed by atoms with Crippen LogP contribution >= 0.6 is 34.8 Å². The number of hydrogen-bond donors (Lipinski definition) is 0. The molecular weight excluding hydrogens is 385 g/mol. The molecule has 1 amide bonds. The van der Waals surface area contributed by atoms with Gasteiger partial charge in [-0.25, -0.2) is 4.98 Å². The quantitative estimate of drug-likeness (QED) is 0.733. The standard InChI is InChI=1S/C17H16Cl3N3O2/c18-13-5-4-12(10-14(13)19)25-11-17(24)23-8-6-22(7-9-23)16-3-1-2-15(20)21-16/h1-5,10H,6-9,11H2. The summed E-state index contributed by atoms with van der Waals surface area (Å²) in [6.45, 7) is 2.58. The minimum Gasteiger partial charge on any atom is -0.484 e. The molecule has 3 rings (SSSR count). The second-order valence-corrected chi connectivity index (χ2v) is 6.75. The molecule has 0 saturated carbocycles. The highest BCUT2D eigenvalue weighted by Gasteiger charge is 2.22. The number of nitrogens with zero attached hydrogens (tertiary/aromatic N) is 3. The maximum atomic E-state index is 12.3. The first-order chi connectivity index (χ1) is 12.0. The highest BCUT2D eigenvalue weighted by atomic mass is 35.5. The second-order valence-electron chi connectivity index (χ2n) is 5.55. The number of amides is 1. The smallest absolute Gasteiger partial charge is 0.260 e. The lowest BCUT2D eigenvalue weighted by Crippen LogP contribution is -2.50. The number of halogens is 3. The molecule has 1 saturated heterocycles. The number of piperazine rings is 1. The Morgan fingerprint density at radius 1 is 1.04 bits per heavy atom. The van der Waals surface area contributed by atoms with Gasteiger partial charge in [0.15, 0.2) is 6.61 Å². The van der Waals surface area contributed by atoms with E-state index >= 15 is 0 Å². The van der Waals surface area contributed by atoms with Gasteiger partial charge in [0.05, 0.1) is 10.0 Å². The van der Waals surface area contributed by atoms with Gasteiger partial charge < -0.3 is 14.5 Å². The fraction of sp³-hybridized carbons (Fsp3) is 0.294. The van der Waals surface area contributed by atoms with Crippen LogP contribution in [0.3, 0.4) is 0 Å². The minimum atomic E-state index is -0.0650. The number of hydrogen-bond acceptors (Lipinski definition) is 4. The Labute approximate surface area is 161 Å². The predicted molar refractivity (Wildman–Crippen MR) is 100.0 cm³/mol. The van der Waals surface area contributed by atoms with Crippen molar-refractivity contribution in [1.29, 1.82) is 0 Å². The van der Waals surface area contributed by atoms with Crippen molar-refractivity contribution in [3.8, 4) is 5.75 Å². The van der Waals surface area contributed by atoms with Crippen molar-refractivity contribution >= 4 is 46.5 Å².